The minimum atomic E-state index is -1.22. The van der Waals surface area contributed by atoms with Crippen LogP contribution in [0.2, 0.25) is 0 Å². The Morgan fingerprint density at radius 2 is 1.76 bits per heavy atom. The molecule has 8 heteroatoms. The van der Waals surface area contributed by atoms with Crippen molar-refractivity contribution in [1.29, 1.82) is 0 Å². The van der Waals surface area contributed by atoms with Crippen molar-refractivity contribution >= 4 is 29.2 Å². The van der Waals surface area contributed by atoms with E-state index in [2.05, 4.69) is 5.32 Å². The summed E-state index contributed by atoms with van der Waals surface area (Å²) in [7, 11) is 0. The van der Waals surface area contributed by atoms with Crippen molar-refractivity contribution in [3.8, 4) is 5.75 Å². The van der Waals surface area contributed by atoms with Gasteiger partial charge in [-0.1, -0.05) is 12.1 Å². The average molecular weight is 457 g/mol. The first-order valence-corrected chi connectivity index (χ1v) is 10.8. The molecule has 0 bridgehead atoms. The number of esters is 1. The van der Waals surface area contributed by atoms with Gasteiger partial charge < -0.3 is 19.5 Å². The molecule has 0 saturated heterocycles. The number of benzene rings is 2. The smallest absolute Gasteiger partial charge is 0.411 e. The molecule has 2 aromatic rings. The van der Waals surface area contributed by atoms with Crippen LogP contribution in [0.4, 0.5) is 16.2 Å². The zero-order chi connectivity index (χ0) is 24.6. The number of likely N-dealkylation sites (N-methyl/N-ethyl adjacent to an activating group) is 1. The largest absolute Gasteiger partial charge is 0.444 e. The van der Waals surface area contributed by atoms with Crippen molar-refractivity contribution in [2.24, 2.45) is 5.41 Å². The highest BCUT2D eigenvalue weighted by atomic mass is 16.5. The normalized spacial score (nSPS) is 11.0. The van der Waals surface area contributed by atoms with Crippen LogP contribution in [0.5, 0.6) is 5.75 Å². The lowest BCUT2D eigenvalue weighted by molar-refractivity contribution is -0.149. The predicted octanol–water partition coefficient (Wildman–Crippen LogP) is 4.08. The number of amides is 1. The summed E-state index contributed by atoms with van der Waals surface area (Å²) < 4.78 is 10.6. The van der Waals surface area contributed by atoms with Gasteiger partial charge in [0.25, 0.3) is 0 Å². The van der Waals surface area contributed by atoms with Gasteiger partial charge in [0.2, 0.25) is 0 Å². The van der Waals surface area contributed by atoms with Gasteiger partial charge in [-0.15, -0.1) is 0 Å². The lowest BCUT2D eigenvalue weighted by Gasteiger charge is -2.23. The zero-order valence-electron chi connectivity index (χ0n) is 19.8. The van der Waals surface area contributed by atoms with Crippen LogP contribution in [0.15, 0.2) is 42.5 Å². The van der Waals surface area contributed by atoms with E-state index in [9.17, 15) is 19.5 Å². The van der Waals surface area contributed by atoms with Crippen LogP contribution in [0.3, 0.4) is 0 Å². The van der Waals surface area contributed by atoms with E-state index in [1.54, 1.807) is 30.3 Å². The molecule has 0 aliphatic heterocycles. The molecule has 2 N–H and O–H groups in total. The molecule has 0 spiro atoms. The summed E-state index contributed by atoms with van der Waals surface area (Å²) >= 11 is 0. The maximum absolute atomic E-state index is 12.2. The fourth-order valence-corrected chi connectivity index (χ4v) is 2.90. The molecule has 0 atom stereocenters. The third kappa shape index (κ3) is 7.05. The Morgan fingerprint density at radius 1 is 1.09 bits per heavy atom. The van der Waals surface area contributed by atoms with Crippen LogP contribution < -0.4 is 15.0 Å². The standard InChI is InChI=1S/C25H32N2O6/c1-6-27(13-14-28)20-9-12-22(17(2)15-20)26-24(31)32-16-19-7-10-21(11-8-19)33-23(30)25(4,5)18(3)29/h7-12,15,28H,6,13-14,16H2,1-5H3,(H,26,31). The number of ketones is 1. The summed E-state index contributed by atoms with van der Waals surface area (Å²) in [6, 6.07) is 12.2. The maximum atomic E-state index is 12.2. The Balaban J connectivity index is 1.91. The number of aryl methyl sites for hydroxylation is 1. The van der Waals surface area contributed by atoms with E-state index in [0.717, 1.165) is 17.8 Å². The van der Waals surface area contributed by atoms with Gasteiger partial charge in [0.1, 0.15) is 23.6 Å². The third-order valence-corrected chi connectivity index (χ3v) is 5.46. The Hall–Kier alpha value is -3.39. The Morgan fingerprint density at radius 3 is 2.30 bits per heavy atom. The van der Waals surface area contributed by atoms with E-state index in [-0.39, 0.29) is 19.0 Å². The molecule has 0 aliphatic carbocycles. The van der Waals surface area contributed by atoms with Gasteiger partial charge in [-0.2, -0.15) is 0 Å². The van der Waals surface area contributed by atoms with Crippen LogP contribution in [-0.2, 0) is 20.9 Å². The number of ether oxygens (including phenoxy) is 2. The first-order chi connectivity index (χ1) is 15.6. The van der Waals surface area contributed by atoms with Crippen LogP contribution in [-0.4, -0.2) is 42.6 Å². The van der Waals surface area contributed by atoms with Gasteiger partial charge in [-0.3, -0.25) is 14.9 Å². The van der Waals surface area contributed by atoms with Gasteiger partial charge in [-0.05, 0) is 76.1 Å². The molecule has 0 heterocycles. The zero-order valence-corrected chi connectivity index (χ0v) is 19.8. The van der Waals surface area contributed by atoms with E-state index in [0.29, 0.717) is 23.5 Å². The number of nitrogens with one attached hydrogen (secondary N) is 1. The molecule has 0 aromatic heterocycles. The van der Waals surface area contributed by atoms with Crippen LogP contribution in [0, 0.1) is 12.3 Å². The third-order valence-electron chi connectivity index (χ3n) is 5.46. The summed E-state index contributed by atoms with van der Waals surface area (Å²) in [6.07, 6.45) is -0.590. The fraction of sp³-hybridized carbons (Fsp3) is 0.400. The van der Waals surface area contributed by atoms with E-state index in [1.807, 2.05) is 30.9 Å². The van der Waals surface area contributed by atoms with E-state index < -0.39 is 17.5 Å². The van der Waals surface area contributed by atoms with Gasteiger partial charge in [0.05, 0.1) is 6.61 Å². The van der Waals surface area contributed by atoms with E-state index in [1.165, 1.54) is 20.8 Å². The molecule has 2 rings (SSSR count). The number of carbonyl (C=O) groups excluding carboxylic acids is 3. The SMILES string of the molecule is CCN(CCO)c1ccc(NC(=O)OCc2ccc(OC(=O)C(C)(C)C(C)=O)cc2)c(C)c1. The van der Waals surface area contributed by atoms with Crippen molar-refractivity contribution in [2.75, 3.05) is 29.9 Å². The summed E-state index contributed by atoms with van der Waals surface area (Å²) in [5.74, 6) is -0.597. The molecule has 178 valence electrons. The Labute approximate surface area is 194 Å². The number of aliphatic hydroxyl groups is 1. The minimum Gasteiger partial charge on any atom is -0.444 e. The number of hydrogen-bond acceptors (Lipinski definition) is 7. The van der Waals surface area contributed by atoms with E-state index in [4.69, 9.17) is 9.47 Å². The first-order valence-electron chi connectivity index (χ1n) is 10.8. The van der Waals surface area contributed by atoms with Crippen LogP contribution >= 0.6 is 0 Å². The highest BCUT2D eigenvalue weighted by molar-refractivity contribution is 6.02. The second-order valence-corrected chi connectivity index (χ2v) is 8.22. The Kier molecular flexibility index (Phi) is 8.99. The summed E-state index contributed by atoms with van der Waals surface area (Å²) in [5, 5.41) is 11.9. The van der Waals surface area contributed by atoms with Crippen molar-refractivity contribution < 1.29 is 29.0 Å². The molecule has 0 unspecified atom stereocenters. The van der Waals surface area contributed by atoms with Crippen molar-refractivity contribution in [1.82, 2.24) is 0 Å². The number of carbonyl (C=O) groups is 3. The first kappa shape index (κ1) is 25.9. The molecule has 0 fully saturated rings. The summed E-state index contributed by atoms with van der Waals surface area (Å²) in [4.78, 5) is 38.0. The molecular weight excluding hydrogens is 424 g/mol. The predicted molar refractivity (Wildman–Crippen MR) is 126 cm³/mol. The molecule has 33 heavy (non-hydrogen) atoms. The average Bonchev–Trinajstić information content (AvgIpc) is 2.78. The lowest BCUT2D eigenvalue weighted by atomic mass is 9.89. The highest BCUT2D eigenvalue weighted by Gasteiger charge is 2.34. The van der Waals surface area contributed by atoms with Gasteiger partial charge in [0.15, 0.2) is 0 Å². The van der Waals surface area contributed by atoms with Crippen molar-refractivity contribution in [3.05, 3.63) is 53.6 Å². The number of nitrogens with zero attached hydrogens (tertiary/aromatic N) is 1. The monoisotopic (exact) mass is 456 g/mol. The van der Waals surface area contributed by atoms with Crippen LogP contribution in [0.25, 0.3) is 0 Å². The molecule has 0 aliphatic rings. The quantitative estimate of drug-likeness (QED) is 0.315. The Bertz CT molecular complexity index is 985. The van der Waals surface area contributed by atoms with Crippen molar-refractivity contribution in [2.45, 2.75) is 41.2 Å². The second-order valence-electron chi connectivity index (χ2n) is 8.22. The van der Waals surface area contributed by atoms with Crippen molar-refractivity contribution in [3.63, 3.8) is 0 Å². The molecule has 1 amide bonds. The summed E-state index contributed by atoms with van der Waals surface area (Å²) in [5.41, 5.74) is 1.98. The lowest BCUT2D eigenvalue weighted by Crippen LogP contribution is -2.35. The fourth-order valence-electron chi connectivity index (χ4n) is 2.90. The topological polar surface area (TPSA) is 105 Å². The highest BCUT2D eigenvalue weighted by Crippen LogP contribution is 2.24. The second kappa shape index (κ2) is 11.5. The molecule has 2 aromatic carbocycles. The summed E-state index contributed by atoms with van der Waals surface area (Å²) in [6.45, 7) is 9.69. The van der Waals surface area contributed by atoms with Gasteiger partial charge in [0, 0.05) is 24.5 Å². The van der Waals surface area contributed by atoms with Gasteiger partial charge >= 0.3 is 12.1 Å². The number of Topliss-reactive ketones (excluding diaryl/α,β-unsaturated/α-hetero) is 1. The number of aliphatic hydroxyl groups excluding tert-OH is 1. The molecule has 8 nitrogen and oxygen atoms in total. The molecule has 0 radical (unpaired) electrons. The van der Waals surface area contributed by atoms with E-state index >= 15 is 0 Å². The molecular formula is C25H32N2O6. The maximum Gasteiger partial charge on any atom is 0.411 e. The van der Waals surface area contributed by atoms with Crippen LogP contribution in [0.1, 0.15) is 38.8 Å². The molecule has 0 saturated carbocycles. The minimum absolute atomic E-state index is 0.0379. The number of hydrogen-bond donors (Lipinski definition) is 2. The number of rotatable bonds is 10. The number of anilines is 2. The van der Waals surface area contributed by atoms with Gasteiger partial charge in [-0.25, -0.2) is 4.79 Å².